The monoisotopic (exact) mass is 151 g/mol. The number of hydrogen-bond donors (Lipinski definition) is 0. The van der Waals surface area contributed by atoms with Gasteiger partial charge < -0.3 is 9.13 Å². The van der Waals surface area contributed by atoms with Crippen LogP contribution in [0.1, 0.15) is 13.3 Å². The second-order valence-corrected chi connectivity index (χ2v) is 3.09. The molecule has 0 saturated carbocycles. The van der Waals surface area contributed by atoms with E-state index in [-0.39, 0.29) is 0 Å². The smallest absolute Gasteiger partial charge is 0.372 e. The first kappa shape index (κ1) is 10.6. The van der Waals surface area contributed by atoms with Gasteiger partial charge in [-0.25, -0.2) is 0 Å². The average Bonchev–Trinajstić information content (AvgIpc) is 2.00. The van der Waals surface area contributed by atoms with Gasteiger partial charge in [-0.15, -0.1) is 0 Å². The van der Waals surface area contributed by atoms with E-state index in [9.17, 15) is 0 Å². The summed E-state index contributed by atoms with van der Waals surface area (Å²) in [5.74, 6) is 0.804. The van der Waals surface area contributed by atoms with E-state index in [0.717, 1.165) is 12.2 Å². The summed E-state index contributed by atoms with van der Waals surface area (Å²) in [5, 5.41) is 0. The largest absolute Gasteiger partial charge is 0.452 e. The van der Waals surface area contributed by atoms with Crippen LogP contribution in [0.3, 0.4) is 0 Å². The molecule has 59 valence electrons. The molecule has 0 spiro atoms. The number of allylic oxidation sites excluding steroid dienone is 1. The maximum atomic E-state index is 5.37. The lowest BCUT2D eigenvalue weighted by Gasteiger charge is -2.28. The second kappa shape index (κ2) is 4.50. The van der Waals surface area contributed by atoms with Crippen LogP contribution in [0.5, 0.6) is 0 Å². The first-order valence-corrected chi connectivity index (χ1v) is 3.71. The van der Waals surface area contributed by atoms with Crippen LogP contribution in [-0.4, -0.2) is 40.3 Å². The van der Waals surface area contributed by atoms with Gasteiger partial charge in [0.2, 0.25) is 6.73 Å². The summed E-state index contributed by atoms with van der Waals surface area (Å²) in [6.45, 7) is 6.28. The van der Waals surface area contributed by atoms with Crippen molar-refractivity contribution in [3.8, 4) is 0 Å². The Morgan fingerprint density at radius 2 is 2.18 bits per heavy atom. The van der Waals surface area contributed by atoms with Crippen LogP contribution in [0, 0.1) is 0 Å². The van der Waals surface area contributed by atoms with Gasteiger partial charge in [0.1, 0.15) is 7.74 Å². The Kier molecular flexibility index (Phi) is 4.34. The van der Waals surface area contributed by atoms with Crippen molar-refractivity contribution in [3.63, 3.8) is 0 Å². The van der Waals surface area contributed by atoms with Gasteiger partial charge in [0.15, 0.2) is 0 Å². The molecule has 0 aliphatic rings. The highest BCUT2D eigenvalue weighted by Crippen LogP contribution is 2.01. The summed E-state index contributed by atoms with van der Waals surface area (Å²) < 4.78 is 5.85. The molecule has 0 aliphatic heterocycles. The fourth-order valence-corrected chi connectivity index (χ4v) is 0.403. The van der Waals surface area contributed by atoms with E-state index in [1.807, 2.05) is 21.0 Å². The van der Waals surface area contributed by atoms with Crippen LogP contribution in [0.2, 0.25) is 0 Å². The van der Waals surface area contributed by atoms with E-state index in [0.29, 0.717) is 11.1 Å². The number of hydrogen-bond acceptors (Lipinski definition) is 1. The Bertz CT molecular complexity index is 136. The summed E-state index contributed by atoms with van der Waals surface area (Å²) in [6.07, 6.45) is 0.852. The highest BCUT2D eigenvalue weighted by atomic mass is 16.5. The fourth-order valence-electron chi connectivity index (χ4n) is 0.403. The molecule has 0 saturated heterocycles. The van der Waals surface area contributed by atoms with Crippen LogP contribution >= 0.6 is 0 Å². The Labute approximate surface area is 71.5 Å². The zero-order valence-electron chi connectivity index (χ0n) is 7.63. The van der Waals surface area contributed by atoms with Crippen molar-refractivity contribution in [2.75, 3.05) is 20.8 Å². The third-order valence-corrected chi connectivity index (χ3v) is 1.40. The van der Waals surface area contributed by atoms with Gasteiger partial charge in [0, 0.05) is 6.42 Å². The van der Waals surface area contributed by atoms with Gasteiger partial charge in [-0.3, -0.25) is 0 Å². The van der Waals surface area contributed by atoms with Crippen LogP contribution < -0.4 is 0 Å². The predicted molar refractivity (Wildman–Crippen MR) is 49.0 cm³/mol. The molecular weight excluding hydrogens is 136 g/mol. The SMILES string of the molecule is [B][B][N+](C)(C)COC(=C)CC. The molecule has 0 rings (SSSR count). The standard InChI is InChI=1S/C7H15B2NO/c1-5-7(2)11-6-10(3,4)9-8/h2,5-6H2,1,3-4H3/q+1. The third kappa shape index (κ3) is 4.96. The van der Waals surface area contributed by atoms with Crippen LogP contribution in [0.4, 0.5) is 0 Å². The zero-order valence-corrected chi connectivity index (χ0v) is 7.63. The van der Waals surface area contributed by atoms with Gasteiger partial charge >= 0.3 is 7.31 Å². The lowest BCUT2D eigenvalue weighted by molar-refractivity contribution is -0.799. The van der Waals surface area contributed by atoms with Crippen molar-refractivity contribution in [1.82, 2.24) is 0 Å². The minimum Gasteiger partial charge on any atom is -0.452 e. The van der Waals surface area contributed by atoms with Crippen molar-refractivity contribution in [2.24, 2.45) is 0 Å². The number of rotatable bonds is 5. The Balaban J connectivity index is 3.61. The lowest BCUT2D eigenvalue weighted by Crippen LogP contribution is -2.45. The van der Waals surface area contributed by atoms with Crippen molar-refractivity contribution < 1.29 is 9.13 Å². The topological polar surface area (TPSA) is 9.23 Å². The summed E-state index contributed by atoms with van der Waals surface area (Å²) in [7, 11) is 10.9. The van der Waals surface area contributed by atoms with Gasteiger partial charge in [0.25, 0.3) is 0 Å². The summed E-state index contributed by atoms with van der Waals surface area (Å²) in [5.41, 5.74) is 0. The quantitative estimate of drug-likeness (QED) is 0.318. The Hall–Kier alpha value is -0.370. The molecule has 0 atom stereocenters. The molecule has 0 heterocycles. The predicted octanol–water partition coefficient (Wildman–Crippen LogP) is 0.663. The molecule has 0 unspecified atom stereocenters. The van der Waals surface area contributed by atoms with Crippen molar-refractivity contribution in [2.45, 2.75) is 13.3 Å². The molecule has 2 nitrogen and oxygen atoms in total. The highest BCUT2D eigenvalue weighted by Gasteiger charge is 2.13. The van der Waals surface area contributed by atoms with Crippen molar-refractivity contribution >= 4 is 15.0 Å². The minimum absolute atomic E-state index is 0.541. The molecule has 4 heteroatoms. The summed E-state index contributed by atoms with van der Waals surface area (Å²) >= 11 is 0. The molecular formula is C7H15B2NO+. The van der Waals surface area contributed by atoms with Crippen LogP contribution in [0.25, 0.3) is 0 Å². The number of nitrogens with zero attached hydrogens (tertiary/aromatic N) is 1. The first-order chi connectivity index (χ1) is 5.02. The van der Waals surface area contributed by atoms with Gasteiger partial charge in [0.05, 0.1) is 19.9 Å². The third-order valence-electron chi connectivity index (χ3n) is 1.40. The molecule has 0 bridgehead atoms. The normalized spacial score (nSPS) is 10.8. The molecule has 0 N–H and O–H groups in total. The number of quaternary nitrogens is 1. The van der Waals surface area contributed by atoms with Gasteiger partial charge in [-0.05, 0) is 0 Å². The van der Waals surface area contributed by atoms with E-state index in [4.69, 9.17) is 12.5 Å². The first-order valence-electron chi connectivity index (χ1n) is 3.71. The van der Waals surface area contributed by atoms with E-state index < -0.39 is 0 Å². The lowest BCUT2D eigenvalue weighted by atomic mass is 9.64. The van der Waals surface area contributed by atoms with E-state index in [2.05, 4.69) is 6.58 Å². The molecule has 0 fully saturated rings. The zero-order chi connectivity index (χ0) is 8.91. The van der Waals surface area contributed by atoms with Crippen molar-refractivity contribution in [1.29, 1.82) is 0 Å². The highest BCUT2D eigenvalue weighted by molar-refractivity contribution is 6.84. The van der Waals surface area contributed by atoms with E-state index >= 15 is 0 Å². The average molecular weight is 151 g/mol. The molecule has 0 aliphatic carbocycles. The molecule has 0 aromatic heterocycles. The molecule has 0 aromatic carbocycles. The summed E-state index contributed by atoms with van der Waals surface area (Å²) in [4.78, 5) is 0. The van der Waals surface area contributed by atoms with E-state index in [1.54, 1.807) is 7.31 Å². The van der Waals surface area contributed by atoms with Crippen LogP contribution in [-0.2, 0) is 4.74 Å². The fraction of sp³-hybridized carbons (Fsp3) is 0.714. The summed E-state index contributed by atoms with van der Waals surface area (Å²) in [6, 6.07) is 0. The molecule has 3 radical (unpaired) electrons. The molecule has 0 amide bonds. The minimum atomic E-state index is 0.541. The van der Waals surface area contributed by atoms with Gasteiger partial charge in [-0.1, -0.05) is 13.5 Å². The maximum absolute atomic E-state index is 5.37. The van der Waals surface area contributed by atoms with Crippen LogP contribution in [0.15, 0.2) is 12.3 Å². The second-order valence-electron chi connectivity index (χ2n) is 3.09. The Morgan fingerprint density at radius 1 is 1.64 bits per heavy atom. The number of ether oxygens (including phenoxy) is 1. The van der Waals surface area contributed by atoms with Gasteiger partial charge in [-0.2, -0.15) is 0 Å². The van der Waals surface area contributed by atoms with E-state index in [1.165, 1.54) is 0 Å². The molecule has 11 heavy (non-hydrogen) atoms. The maximum Gasteiger partial charge on any atom is 0.372 e. The molecule has 0 aromatic rings. The Morgan fingerprint density at radius 3 is 2.55 bits per heavy atom. The van der Waals surface area contributed by atoms with Crippen molar-refractivity contribution in [3.05, 3.63) is 12.3 Å².